The molecular weight excluding hydrogens is 198 g/mol. The highest BCUT2D eigenvalue weighted by Crippen LogP contribution is 2.46. The second-order valence-electron chi connectivity index (χ2n) is 4.44. The minimum Gasteiger partial charge on any atom is -0.481 e. The summed E-state index contributed by atoms with van der Waals surface area (Å²) < 4.78 is 0.194. The van der Waals surface area contributed by atoms with Crippen LogP contribution in [-0.2, 0) is 4.79 Å². The molecule has 0 aromatic rings. The highest BCUT2D eigenvalue weighted by atomic mass is 32.2. The lowest BCUT2D eigenvalue weighted by atomic mass is 9.79. The van der Waals surface area contributed by atoms with Gasteiger partial charge in [-0.05, 0) is 30.6 Å². The predicted molar refractivity (Wildman–Crippen MR) is 59.4 cm³/mol. The number of hydrogen-bond acceptors (Lipinski definition) is 3. The molecule has 1 aliphatic rings. The van der Waals surface area contributed by atoms with E-state index in [1.165, 1.54) is 0 Å². The monoisotopic (exact) mass is 217 g/mol. The molecule has 0 amide bonds. The zero-order valence-corrected chi connectivity index (χ0v) is 9.64. The van der Waals surface area contributed by atoms with Crippen molar-refractivity contribution >= 4 is 17.7 Å². The van der Waals surface area contributed by atoms with E-state index in [4.69, 9.17) is 10.8 Å². The summed E-state index contributed by atoms with van der Waals surface area (Å²) in [7, 11) is 0. The topological polar surface area (TPSA) is 63.3 Å². The molecule has 0 saturated carbocycles. The molecule has 3 nitrogen and oxygen atoms in total. The first-order chi connectivity index (χ1) is 6.47. The molecule has 14 heavy (non-hydrogen) atoms. The van der Waals surface area contributed by atoms with Crippen molar-refractivity contribution < 1.29 is 9.90 Å². The van der Waals surface area contributed by atoms with Gasteiger partial charge in [-0.1, -0.05) is 13.8 Å². The van der Waals surface area contributed by atoms with Gasteiger partial charge in [0.1, 0.15) is 0 Å². The van der Waals surface area contributed by atoms with Gasteiger partial charge in [-0.15, -0.1) is 0 Å². The smallest absolute Gasteiger partial charge is 0.303 e. The number of carboxylic acid groups (broad SMARTS) is 1. The maximum absolute atomic E-state index is 10.7. The van der Waals surface area contributed by atoms with Crippen molar-refractivity contribution in [3.63, 3.8) is 0 Å². The highest BCUT2D eigenvalue weighted by molar-refractivity contribution is 8.00. The van der Waals surface area contributed by atoms with Gasteiger partial charge in [-0.2, -0.15) is 11.8 Å². The molecular formula is C10H19NO2S. The highest BCUT2D eigenvalue weighted by Gasteiger charge is 2.40. The fourth-order valence-corrected chi connectivity index (χ4v) is 3.74. The standard InChI is InChI=1S/C10H19NO2S/c1-10(2)8(3-4-14-10)7(6-11)5-9(12)13/h7-8H,3-6,11H2,1-2H3,(H,12,13). The number of nitrogens with two attached hydrogens (primary N) is 1. The van der Waals surface area contributed by atoms with Crippen molar-refractivity contribution in [2.75, 3.05) is 12.3 Å². The molecule has 2 atom stereocenters. The quantitative estimate of drug-likeness (QED) is 0.750. The first kappa shape index (κ1) is 11.9. The van der Waals surface area contributed by atoms with E-state index in [9.17, 15) is 4.79 Å². The molecule has 0 aromatic carbocycles. The molecule has 1 fully saturated rings. The number of aliphatic carboxylic acids is 1. The molecule has 1 heterocycles. The van der Waals surface area contributed by atoms with E-state index in [1.54, 1.807) is 0 Å². The first-order valence-electron chi connectivity index (χ1n) is 5.03. The Bertz CT molecular complexity index is 218. The summed E-state index contributed by atoms with van der Waals surface area (Å²) in [4.78, 5) is 10.7. The Morgan fingerprint density at radius 2 is 2.36 bits per heavy atom. The Kier molecular flexibility index (Phi) is 3.84. The van der Waals surface area contributed by atoms with Crippen molar-refractivity contribution in [2.24, 2.45) is 17.6 Å². The Morgan fingerprint density at radius 1 is 1.71 bits per heavy atom. The molecule has 0 aliphatic carbocycles. The summed E-state index contributed by atoms with van der Waals surface area (Å²) >= 11 is 1.93. The third kappa shape index (κ3) is 2.64. The van der Waals surface area contributed by atoms with Crippen LogP contribution in [0.15, 0.2) is 0 Å². The van der Waals surface area contributed by atoms with Crippen LogP contribution < -0.4 is 5.73 Å². The number of carbonyl (C=O) groups is 1. The second-order valence-corrected chi connectivity index (χ2v) is 6.19. The Morgan fingerprint density at radius 3 is 2.71 bits per heavy atom. The summed E-state index contributed by atoms with van der Waals surface area (Å²) in [6, 6.07) is 0. The summed E-state index contributed by atoms with van der Waals surface area (Å²) in [6.45, 7) is 4.88. The van der Waals surface area contributed by atoms with Crippen LogP contribution in [0.5, 0.6) is 0 Å². The molecule has 82 valence electrons. The van der Waals surface area contributed by atoms with Crippen molar-refractivity contribution in [1.29, 1.82) is 0 Å². The Hall–Kier alpha value is -0.220. The molecule has 0 aromatic heterocycles. The van der Waals surface area contributed by atoms with E-state index in [2.05, 4.69) is 13.8 Å². The zero-order chi connectivity index (χ0) is 10.8. The fraction of sp³-hybridized carbons (Fsp3) is 0.900. The van der Waals surface area contributed by atoms with Gasteiger partial charge >= 0.3 is 5.97 Å². The van der Waals surface area contributed by atoms with Gasteiger partial charge in [-0.25, -0.2) is 0 Å². The van der Waals surface area contributed by atoms with Crippen molar-refractivity contribution in [2.45, 2.75) is 31.4 Å². The van der Waals surface area contributed by atoms with Crippen LogP contribution in [0.25, 0.3) is 0 Å². The maximum Gasteiger partial charge on any atom is 0.303 e. The fourth-order valence-electron chi connectivity index (χ4n) is 2.32. The van der Waals surface area contributed by atoms with E-state index in [0.717, 1.165) is 12.2 Å². The van der Waals surface area contributed by atoms with E-state index in [1.807, 2.05) is 11.8 Å². The lowest BCUT2D eigenvalue weighted by Gasteiger charge is -2.31. The summed E-state index contributed by atoms with van der Waals surface area (Å²) in [6.07, 6.45) is 1.32. The van der Waals surface area contributed by atoms with Crippen molar-refractivity contribution in [3.8, 4) is 0 Å². The van der Waals surface area contributed by atoms with Crippen LogP contribution in [0.3, 0.4) is 0 Å². The zero-order valence-electron chi connectivity index (χ0n) is 8.82. The maximum atomic E-state index is 10.7. The molecule has 0 radical (unpaired) electrons. The van der Waals surface area contributed by atoms with Gasteiger partial charge in [0, 0.05) is 11.2 Å². The molecule has 4 heteroatoms. The molecule has 1 saturated heterocycles. The lowest BCUT2D eigenvalue weighted by molar-refractivity contribution is -0.138. The first-order valence-corrected chi connectivity index (χ1v) is 6.01. The van der Waals surface area contributed by atoms with Gasteiger partial charge in [-0.3, -0.25) is 4.79 Å². The Balaban J connectivity index is 2.64. The van der Waals surface area contributed by atoms with Gasteiger partial charge in [0.05, 0.1) is 0 Å². The molecule has 1 aliphatic heterocycles. The van der Waals surface area contributed by atoms with Crippen LogP contribution in [0, 0.1) is 11.8 Å². The Labute approximate surface area is 89.4 Å². The predicted octanol–water partition coefficient (Wildman–Crippen LogP) is 1.57. The van der Waals surface area contributed by atoms with Crippen LogP contribution in [0.4, 0.5) is 0 Å². The van der Waals surface area contributed by atoms with Crippen LogP contribution in [0.2, 0.25) is 0 Å². The number of thioether (sulfide) groups is 1. The van der Waals surface area contributed by atoms with Crippen molar-refractivity contribution in [1.82, 2.24) is 0 Å². The minimum atomic E-state index is -0.729. The summed E-state index contributed by atoms with van der Waals surface area (Å²) in [5.74, 6) is 0.993. The van der Waals surface area contributed by atoms with Gasteiger partial charge in [0.25, 0.3) is 0 Å². The lowest BCUT2D eigenvalue weighted by Crippen LogP contribution is -2.35. The third-order valence-corrected chi connectivity index (χ3v) is 4.59. The average molecular weight is 217 g/mol. The normalized spacial score (nSPS) is 27.5. The third-order valence-electron chi connectivity index (χ3n) is 3.10. The number of hydrogen-bond donors (Lipinski definition) is 2. The van der Waals surface area contributed by atoms with Gasteiger partial charge in [0.2, 0.25) is 0 Å². The number of carboxylic acids is 1. The largest absolute Gasteiger partial charge is 0.481 e. The molecule has 2 unspecified atom stereocenters. The minimum absolute atomic E-state index is 0.137. The van der Waals surface area contributed by atoms with Gasteiger partial charge in [0.15, 0.2) is 0 Å². The molecule has 3 N–H and O–H groups in total. The second kappa shape index (κ2) is 4.53. The summed E-state index contributed by atoms with van der Waals surface area (Å²) in [5, 5.41) is 8.78. The van der Waals surface area contributed by atoms with E-state index in [0.29, 0.717) is 12.5 Å². The van der Waals surface area contributed by atoms with Gasteiger partial charge < -0.3 is 10.8 Å². The summed E-state index contributed by atoms with van der Waals surface area (Å²) in [5.41, 5.74) is 5.65. The van der Waals surface area contributed by atoms with E-state index in [-0.39, 0.29) is 17.1 Å². The number of rotatable bonds is 4. The van der Waals surface area contributed by atoms with Crippen LogP contribution in [-0.4, -0.2) is 28.1 Å². The van der Waals surface area contributed by atoms with E-state index >= 15 is 0 Å². The molecule has 0 bridgehead atoms. The molecule has 0 spiro atoms. The van der Waals surface area contributed by atoms with E-state index < -0.39 is 5.97 Å². The van der Waals surface area contributed by atoms with Crippen molar-refractivity contribution in [3.05, 3.63) is 0 Å². The average Bonchev–Trinajstić information content (AvgIpc) is 2.41. The SMILES string of the molecule is CC1(C)SCCC1C(CN)CC(=O)O. The molecule has 1 rings (SSSR count). The van der Waals surface area contributed by atoms with Crippen LogP contribution in [0.1, 0.15) is 26.7 Å². The van der Waals surface area contributed by atoms with Crippen LogP contribution >= 0.6 is 11.8 Å².